The molecule has 0 atom stereocenters. The lowest BCUT2D eigenvalue weighted by molar-refractivity contribution is -0.141. The molecule has 0 aromatic heterocycles. The Kier molecular flexibility index (Phi) is 6.67. The summed E-state index contributed by atoms with van der Waals surface area (Å²) < 4.78 is 21.1. The van der Waals surface area contributed by atoms with E-state index in [4.69, 9.17) is 18.9 Å². The first kappa shape index (κ1) is 20.2. The number of amides is 1. The molecule has 0 spiro atoms. The molecule has 1 aliphatic rings. The quantitative estimate of drug-likeness (QED) is 0.535. The zero-order valence-electron chi connectivity index (χ0n) is 15.9. The van der Waals surface area contributed by atoms with Crippen molar-refractivity contribution < 1.29 is 33.3 Å². The molecule has 0 saturated carbocycles. The standard InChI is InChI=1S/C21H21NO7/c1-2-26-16-6-3-14(4-7-16)21(25)22-12-20(24)29-13-17(23)15-5-8-18-19(11-15)28-10-9-27-18/h3-8,11H,2,9-10,12-13H2,1H3,(H,22,25). The van der Waals surface area contributed by atoms with E-state index in [2.05, 4.69) is 5.32 Å². The summed E-state index contributed by atoms with van der Waals surface area (Å²) in [4.78, 5) is 36.1. The lowest BCUT2D eigenvalue weighted by atomic mass is 10.1. The highest BCUT2D eigenvalue weighted by Gasteiger charge is 2.16. The summed E-state index contributed by atoms with van der Waals surface area (Å²) in [6.45, 7) is 2.49. The van der Waals surface area contributed by atoms with E-state index in [1.807, 2.05) is 6.92 Å². The number of Topliss-reactive ketones (excluding diaryl/α,β-unsaturated/α-hetero) is 1. The Balaban J connectivity index is 1.44. The Labute approximate surface area is 167 Å². The van der Waals surface area contributed by atoms with Crippen molar-refractivity contribution in [1.82, 2.24) is 5.32 Å². The molecule has 3 rings (SSSR count). The van der Waals surface area contributed by atoms with E-state index in [0.29, 0.717) is 48.2 Å². The minimum absolute atomic E-state index is 0.347. The predicted octanol–water partition coefficient (Wildman–Crippen LogP) is 2.01. The topological polar surface area (TPSA) is 100 Å². The van der Waals surface area contributed by atoms with Crippen molar-refractivity contribution in [3.05, 3.63) is 53.6 Å². The molecule has 8 nitrogen and oxygen atoms in total. The average molecular weight is 399 g/mol. The molecule has 1 N–H and O–H groups in total. The molecule has 29 heavy (non-hydrogen) atoms. The lowest BCUT2D eigenvalue weighted by Crippen LogP contribution is -2.31. The molecule has 0 saturated heterocycles. The van der Waals surface area contributed by atoms with Gasteiger partial charge in [0.25, 0.3) is 5.91 Å². The van der Waals surface area contributed by atoms with E-state index in [-0.39, 0.29) is 12.3 Å². The zero-order valence-corrected chi connectivity index (χ0v) is 15.9. The second-order valence-corrected chi connectivity index (χ2v) is 6.08. The summed E-state index contributed by atoms with van der Waals surface area (Å²) in [6, 6.07) is 11.3. The van der Waals surface area contributed by atoms with Crippen LogP contribution in [0.25, 0.3) is 0 Å². The van der Waals surface area contributed by atoms with Crippen molar-refractivity contribution in [3.63, 3.8) is 0 Å². The fourth-order valence-corrected chi connectivity index (χ4v) is 2.62. The molecule has 152 valence electrons. The molecule has 1 heterocycles. The van der Waals surface area contributed by atoms with Gasteiger partial charge in [0.15, 0.2) is 23.9 Å². The Bertz CT molecular complexity index is 892. The van der Waals surface area contributed by atoms with Gasteiger partial charge in [-0.2, -0.15) is 0 Å². The third-order valence-corrected chi connectivity index (χ3v) is 4.05. The van der Waals surface area contributed by atoms with Crippen LogP contribution in [0.15, 0.2) is 42.5 Å². The van der Waals surface area contributed by atoms with Gasteiger partial charge in [-0.1, -0.05) is 0 Å². The lowest BCUT2D eigenvalue weighted by Gasteiger charge is -2.18. The molecule has 0 aliphatic carbocycles. The van der Waals surface area contributed by atoms with Crippen LogP contribution in [0.3, 0.4) is 0 Å². The second-order valence-electron chi connectivity index (χ2n) is 6.08. The number of hydrogen-bond donors (Lipinski definition) is 1. The number of carbonyl (C=O) groups is 3. The number of hydrogen-bond acceptors (Lipinski definition) is 7. The van der Waals surface area contributed by atoms with Gasteiger partial charge in [-0.3, -0.25) is 14.4 Å². The third kappa shape index (κ3) is 5.47. The molecule has 0 radical (unpaired) electrons. The highest BCUT2D eigenvalue weighted by Crippen LogP contribution is 2.30. The number of rotatable bonds is 8. The first-order chi connectivity index (χ1) is 14.1. The largest absolute Gasteiger partial charge is 0.494 e. The number of carbonyl (C=O) groups excluding carboxylic acids is 3. The van der Waals surface area contributed by atoms with Gasteiger partial charge < -0.3 is 24.3 Å². The van der Waals surface area contributed by atoms with Crippen molar-refractivity contribution in [2.75, 3.05) is 33.0 Å². The first-order valence-corrected chi connectivity index (χ1v) is 9.16. The van der Waals surface area contributed by atoms with Crippen molar-refractivity contribution in [1.29, 1.82) is 0 Å². The summed E-state index contributed by atoms with van der Waals surface area (Å²) in [6.07, 6.45) is 0. The van der Waals surface area contributed by atoms with E-state index in [1.54, 1.807) is 42.5 Å². The van der Waals surface area contributed by atoms with E-state index in [1.165, 1.54) is 0 Å². The molecule has 2 aromatic rings. The molecule has 0 fully saturated rings. The predicted molar refractivity (Wildman–Crippen MR) is 103 cm³/mol. The summed E-state index contributed by atoms with van der Waals surface area (Å²) in [5.74, 6) is 0.186. The van der Waals surface area contributed by atoms with Gasteiger partial charge in [0.2, 0.25) is 0 Å². The van der Waals surface area contributed by atoms with Gasteiger partial charge in [0.05, 0.1) is 6.61 Å². The van der Waals surface area contributed by atoms with Crippen LogP contribution >= 0.6 is 0 Å². The smallest absolute Gasteiger partial charge is 0.325 e. The van der Waals surface area contributed by atoms with Gasteiger partial charge in [-0.15, -0.1) is 0 Å². The van der Waals surface area contributed by atoms with Crippen molar-refractivity contribution in [2.45, 2.75) is 6.92 Å². The number of fused-ring (bicyclic) bond motifs is 1. The maximum absolute atomic E-state index is 12.2. The summed E-state index contributed by atoms with van der Waals surface area (Å²) in [5, 5.41) is 2.45. The number of ether oxygens (including phenoxy) is 4. The maximum Gasteiger partial charge on any atom is 0.325 e. The second kappa shape index (κ2) is 9.59. The average Bonchev–Trinajstić information content (AvgIpc) is 2.76. The number of benzene rings is 2. The van der Waals surface area contributed by atoms with Crippen LogP contribution in [0.5, 0.6) is 17.2 Å². The molecule has 1 aliphatic heterocycles. The Morgan fingerprint density at radius 2 is 1.66 bits per heavy atom. The Morgan fingerprint density at radius 3 is 2.38 bits per heavy atom. The normalized spacial score (nSPS) is 12.0. The Morgan fingerprint density at radius 1 is 0.966 bits per heavy atom. The minimum atomic E-state index is -0.713. The molecular formula is C21H21NO7. The number of ketones is 1. The van der Waals surface area contributed by atoms with E-state index in [0.717, 1.165) is 0 Å². The highest BCUT2D eigenvalue weighted by atomic mass is 16.6. The third-order valence-electron chi connectivity index (χ3n) is 4.05. The van der Waals surface area contributed by atoms with Crippen LogP contribution in [0, 0.1) is 0 Å². The molecule has 2 aromatic carbocycles. The fourth-order valence-electron chi connectivity index (χ4n) is 2.62. The van der Waals surface area contributed by atoms with Gasteiger partial charge in [-0.05, 0) is 49.4 Å². The highest BCUT2D eigenvalue weighted by molar-refractivity contribution is 5.99. The van der Waals surface area contributed by atoms with E-state index in [9.17, 15) is 14.4 Å². The molecular weight excluding hydrogens is 378 g/mol. The van der Waals surface area contributed by atoms with Crippen molar-refractivity contribution in [2.24, 2.45) is 0 Å². The maximum atomic E-state index is 12.2. The van der Waals surface area contributed by atoms with Crippen LogP contribution in [0.2, 0.25) is 0 Å². The first-order valence-electron chi connectivity index (χ1n) is 9.16. The molecule has 0 bridgehead atoms. The monoisotopic (exact) mass is 399 g/mol. The van der Waals surface area contributed by atoms with Crippen LogP contribution in [0.1, 0.15) is 27.6 Å². The number of esters is 1. The summed E-state index contributed by atoms with van der Waals surface area (Å²) in [5.41, 5.74) is 0.731. The minimum Gasteiger partial charge on any atom is -0.494 e. The fraction of sp³-hybridized carbons (Fsp3) is 0.286. The SMILES string of the molecule is CCOc1ccc(C(=O)NCC(=O)OCC(=O)c2ccc3c(c2)OCCO3)cc1. The van der Waals surface area contributed by atoms with Gasteiger partial charge in [0, 0.05) is 11.1 Å². The molecule has 0 unspecified atom stereocenters. The van der Waals surface area contributed by atoms with Gasteiger partial charge >= 0.3 is 5.97 Å². The molecule has 1 amide bonds. The number of nitrogens with one attached hydrogen (secondary N) is 1. The van der Waals surface area contributed by atoms with Gasteiger partial charge in [-0.25, -0.2) is 0 Å². The van der Waals surface area contributed by atoms with Crippen LogP contribution in [0.4, 0.5) is 0 Å². The van der Waals surface area contributed by atoms with Crippen molar-refractivity contribution in [3.8, 4) is 17.2 Å². The zero-order chi connectivity index (χ0) is 20.6. The van der Waals surface area contributed by atoms with Crippen molar-refractivity contribution >= 4 is 17.7 Å². The van der Waals surface area contributed by atoms with Crippen LogP contribution < -0.4 is 19.5 Å². The molecule has 8 heteroatoms. The summed E-state index contributed by atoms with van der Waals surface area (Å²) in [7, 11) is 0. The van der Waals surface area contributed by atoms with Crippen LogP contribution in [-0.2, 0) is 9.53 Å². The Hall–Kier alpha value is -3.55. The van der Waals surface area contributed by atoms with E-state index >= 15 is 0 Å². The van der Waals surface area contributed by atoms with Crippen LogP contribution in [-0.4, -0.2) is 50.6 Å². The van der Waals surface area contributed by atoms with E-state index < -0.39 is 18.5 Å². The van der Waals surface area contributed by atoms with Gasteiger partial charge in [0.1, 0.15) is 25.5 Å². The summed E-state index contributed by atoms with van der Waals surface area (Å²) >= 11 is 0.